The van der Waals surface area contributed by atoms with E-state index in [4.69, 9.17) is 4.74 Å². The first-order valence-electron chi connectivity index (χ1n) is 8.01. The van der Waals surface area contributed by atoms with Crippen LogP contribution in [0.15, 0.2) is 41.6 Å². The van der Waals surface area contributed by atoms with E-state index in [1.807, 2.05) is 0 Å². The number of hydrogen-bond donors (Lipinski definition) is 0. The van der Waals surface area contributed by atoms with E-state index in [1.54, 1.807) is 13.1 Å². The molecule has 3 aromatic rings. The third-order valence-corrected chi connectivity index (χ3v) is 3.85. The smallest absolute Gasteiger partial charge is 0.387 e. The Morgan fingerprint density at radius 3 is 2.85 bits per heavy atom. The van der Waals surface area contributed by atoms with E-state index in [9.17, 15) is 18.4 Å². The van der Waals surface area contributed by atoms with Crippen LogP contribution in [0, 0.1) is 0 Å². The largest absolute Gasteiger partial charge is 0.461 e. The Kier molecular flexibility index (Phi) is 5.43. The van der Waals surface area contributed by atoms with E-state index in [2.05, 4.69) is 14.8 Å². The summed E-state index contributed by atoms with van der Waals surface area (Å²) in [6.07, 6.45) is 2.68. The molecule has 27 heavy (non-hydrogen) atoms. The highest BCUT2D eigenvalue weighted by molar-refractivity contribution is 5.73. The van der Waals surface area contributed by atoms with E-state index in [1.165, 1.54) is 40.0 Å². The fourth-order valence-electron chi connectivity index (χ4n) is 2.50. The highest BCUT2D eigenvalue weighted by Gasteiger charge is 2.13. The first-order chi connectivity index (χ1) is 13.0. The maximum absolute atomic E-state index is 12.4. The van der Waals surface area contributed by atoms with Crippen molar-refractivity contribution < 1.29 is 23.0 Å². The summed E-state index contributed by atoms with van der Waals surface area (Å²) in [5.74, 6) is -0.636. The lowest BCUT2D eigenvalue weighted by Crippen LogP contribution is -2.22. The number of ether oxygens (including phenoxy) is 2. The first kappa shape index (κ1) is 18.5. The second-order valence-corrected chi connectivity index (χ2v) is 5.65. The Morgan fingerprint density at radius 1 is 1.30 bits per heavy atom. The monoisotopic (exact) mass is 378 g/mol. The van der Waals surface area contributed by atoms with E-state index < -0.39 is 12.6 Å². The minimum Gasteiger partial charge on any atom is -0.461 e. The molecule has 0 amide bonds. The lowest BCUT2D eigenvalue weighted by Gasteiger charge is -2.11. The quantitative estimate of drug-likeness (QED) is 0.583. The van der Waals surface area contributed by atoms with Crippen LogP contribution in [0.1, 0.15) is 12.0 Å². The molecule has 8 nitrogen and oxygen atoms in total. The number of aryl methyl sites for hydroxylation is 2. The molecule has 0 saturated heterocycles. The van der Waals surface area contributed by atoms with Crippen LogP contribution in [-0.4, -0.2) is 31.9 Å². The van der Waals surface area contributed by atoms with Crippen molar-refractivity contribution in [2.45, 2.75) is 26.2 Å². The number of hydrogen-bond acceptors (Lipinski definition) is 6. The fraction of sp³-hybridized carbons (Fsp3) is 0.294. The van der Waals surface area contributed by atoms with Gasteiger partial charge in [0.05, 0.1) is 18.9 Å². The maximum atomic E-state index is 12.4. The Morgan fingerprint density at radius 2 is 2.07 bits per heavy atom. The normalized spacial score (nSPS) is 11.1. The molecule has 0 aliphatic heterocycles. The number of aromatic nitrogens is 4. The van der Waals surface area contributed by atoms with Gasteiger partial charge in [0, 0.05) is 19.2 Å². The highest BCUT2D eigenvalue weighted by atomic mass is 19.3. The topological polar surface area (TPSA) is 88.2 Å². The fourth-order valence-corrected chi connectivity index (χ4v) is 2.50. The van der Waals surface area contributed by atoms with Crippen LogP contribution in [0.4, 0.5) is 8.78 Å². The number of carbonyl (C=O) groups excluding carboxylic acids is 1. The number of alkyl halides is 2. The van der Waals surface area contributed by atoms with Crippen molar-refractivity contribution in [1.29, 1.82) is 0 Å². The van der Waals surface area contributed by atoms with Crippen molar-refractivity contribution in [3.05, 3.63) is 52.7 Å². The third-order valence-electron chi connectivity index (χ3n) is 3.85. The van der Waals surface area contributed by atoms with Crippen LogP contribution in [0.25, 0.3) is 11.0 Å². The zero-order chi connectivity index (χ0) is 19.4. The molecule has 0 radical (unpaired) electrons. The molecule has 0 bridgehead atoms. The lowest BCUT2D eigenvalue weighted by atomic mass is 10.2. The van der Waals surface area contributed by atoms with Crippen molar-refractivity contribution in [2.24, 2.45) is 7.05 Å². The zero-order valence-electron chi connectivity index (χ0n) is 14.3. The van der Waals surface area contributed by atoms with Crippen molar-refractivity contribution in [3.63, 3.8) is 0 Å². The Bertz CT molecular complexity index is 1020. The third kappa shape index (κ3) is 4.27. The highest BCUT2D eigenvalue weighted by Crippen LogP contribution is 2.21. The van der Waals surface area contributed by atoms with Crippen LogP contribution >= 0.6 is 0 Å². The number of fused-ring (bicyclic) bond motifs is 1. The predicted octanol–water partition coefficient (Wildman–Crippen LogP) is 1.86. The summed E-state index contributed by atoms with van der Waals surface area (Å²) in [4.78, 5) is 28.4. The van der Waals surface area contributed by atoms with Gasteiger partial charge in [-0.15, -0.1) is 0 Å². The maximum Gasteiger partial charge on any atom is 0.387 e. The second-order valence-electron chi connectivity index (χ2n) is 5.65. The van der Waals surface area contributed by atoms with Gasteiger partial charge in [-0.1, -0.05) is 18.2 Å². The van der Waals surface area contributed by atoms with Gasteiger partial charge < -0.3 is 9.47 Å². The van der Waals surface area contributed by atoms with Gasteiger partial charge in [0.15, 0.2) is 5.65 Å². The SMILES string of the molecule is Cn1ncc2c(=O)n(CCC(=O)OCc3ccccc3OC(F)F)cnc21. The molecule has 0 unspecified atom stereocenters. The molecule has 0 N–H and O–H groups in total. The zero-order valence-corrected chi connectivity index (χ0v) is 14.3. The average Bonchev–Trinajstić information content (AvgIpc) is 3.02. The minimum absolute atomic E-state index is 0.0530. The molecule has 10 heteroatoms. The Labute approximate surface area is 151 Å². The van der Waals surface area contributed by atoms with Crippen LogP contribution in [-0.2, 0) is 29.7 Å². The molecule has 0 saturated carbocycles. The summed E-state index contributed by atoms with van der Waals surface area (Å²) in [5.41, 5.74) is 0.466. The molecule has 0 atom stereocenters. The standard InChI is InChI=1S/C17H16F2N4O4/c1-22-15-12(8-21-22)16(25)23(10-20-15)7-6-14(24)26-9-11-4-2-3-5-13(11)27-17(18)19/h2-5,8,10,17H,6-7,9H2,1H3. The van der Waals surface area contributed by atoms with Crippen LogP contribution in [0.3, 0.4) is 0 Å². The predicted molar refractivity (Wildman–Crippen MR) is 90.3 cm³/mol. The summed E-state index contributed by atoms with van der Waals surface area (Å²) in [6, 6.07) is 6.05. The number of esters is 1. The number of carbonyl (C=O) groups is 1. The van der Waals surface area contributed by atoms with Crippen molar-refractivity contribution >= 4 is 17.0 Å². The van der Waals surface area contributed by atoms with Crippen LogP contribution in [0.5, 0.6) is 5.75 Å². The van der Waals surface area contributed by atoms with E-state index in [0.717, 1.165) is 0 Å². The van der Waals surface area contributed by atoms with Gasteiger partial charge in [-0.05, 0) is 6.07 Å². The molecule has 0 aliphatic rings. The van der Waals surface area contributed by atoms with Gasteiger partial charge in [-0.25, -0.2) is 4.98 Å². The van der Waals surface area contributed by atoms with Gasteiger partial charge in [0.2, 0.25) is 0 Å². The van der Waals surface area contributed by atoms with Crippen molar-refractivity contribution in [3.8, 4) is 5.75 Å². The molecule has 0 spiro atoms. The van der Waals surface area contributed by atoms with E-state index in [0.29, 0.717) is 16.6 Å². The molecule has 142 valence electrons. The van der Waals surface area contributed by atoms with Gasteiger partial charge in [-0.2, -0.15) is 13.9 Å². The Balaban J connectivity index is 1.59. The number of halogens is 2. The summed E-state index contributed by atoms with van der Waals surface area (Å²) in [6.45, 7) is -3.11. The minimum atomic E-state index is -2.97. The molecule has 0 fully saturated rings. The number of benzene rings is 1. The lowest BCUT2D eigenvalue weighted by molar-refractivity contribution is -0.145. The van der Waals surface area contributed by atoms with Crippen molar-refractivity contribution in [2.75, 3.05) is 0 Å². The van der Waals surface area contributed by atoms with Crippen LogP contribution in [0.2, 0.25) is 0 Å². The van der Waals surface area contributed by atoms with E-state index >= 15 is 0 Å². The molecule has 2 aromatic heterocycles. The summed E-state index contributed by atoms with van der Waals surface area (Å²) >= 11 is 0. The van der Waals surface area contributed by atoms with Gasteiger partial charge >= 0.3 is 12.6 Å². The summed E-state index contributed by atoms with van der Waals surface area (Å²) < 4.78 is 37.0. The van der Waals surface area contributed by atoms with Gasteiger partial charge in [0.1, 0.15) is 17.7 Å². The Hall–Kier alpha value is -3.30. The van der Waals surface area contributed by atoms with Gasteiger partial charge in [-0.3, -0.25) is 18.8 Å². The molecule has 1 aromatic carbocycles. The van der Waals surface area contributed by atoms with Crippen LogP contribution < -0.4 is 10.3 Å². The summed E-state index contributed by atoms with van der Waals surface area (Å²) in [5, 5.41) is 4.32. The van der Waals surface area contributed by atoms with Gasteiger partial charge in [0.25, 0.3) is 5.56 Å². The molecule has 3 rings (SSSR count). The molecular formula is C17H16F2N4O4. The number of para-hydroxylation sites is 1. The van der Waals surface area contributed by atoms with E-state index in [-0.39, 0.29) is 30.9 Å². The first-order valence-corrected chi connectivity index (χ1v) is 8.01. The number of nitrogens with zero attached hydrogens (tertiary/aromatic N) is 4. The summed E-state index contributed by atoms with van der Waals surface area (Å²) in [7, 11) is 1.67. The molecule has 0 aliphatic carbocycles. The number of rotatable bonds is 7. The molecule has 2 heterocycles. The average molecular weight is 378 g/mol. The molecular weight excluding hydrogens is 362 g/mol. The second kappa shape index (κ2) is 7.94. The van der Waals surface area contributed by atoms with Crippen molar-refractivity contribution in [1.82, 2.24) is 19.3 Å².